The molecule has 0 radical (unpaired) electrons. The molecule has 5 amide bonds. The van der Waals surface area contributed by atoms with Crippen molar-refractivity contribution in [1.82, 2.24) is 46.0 Å². The molecule has 0 aliphatic carbocycles. The number of benzene rings is 3. The molecule has 0 saturated carbocycles. The van der Waals surface area contributed by atoms with Crippen LogP contribution >= 0.6 is 49.9 Å². The van der Waals surface area contributed by atoms with Crippen molar-refractivity contribution in [1.29, 1.82) is 0 Å². The minimum atomic E-state index is -0.525. The average Bonchev–Trinajstić information content (AvgIpc) is 1.65. The third-order valence-corrected chi connectivity index (χ3v) is 21.0. The van der Waals surface area contributed by atoms with Crippen LogP contribution in [0.3, 0.4) is 0 Å². The Hall–Kier alpha value is -9.22. The fourth-order valence-corrected chi connectivity index (χ4v) is 15.6. The molecule has 3 aliphatic rings. The van der Waals surface area contributed by atoms with Crippen LogP contribution in [0.4, 0.5) is 43.7 Å². The van der Waals surface area contributed by atoms with Gasteiger partial charge in [0, 0.05) is 136 Å². The number of hydrogen-bond donors (Lipinski definition) is 9. The standard InChI is InChI=1S/C26H32BrN5O3S.C26H33N5O4S.C21H25N5O2S.2CH4/c1-16-5-7-18-21(28)22(36-24(18)30-16)23(33)29-10-9-17-6-8-20(19(27)15-17)31-11-13-32(14-12-31)25(34)35-26(2,3)4;1-16-5-7-18-21(27)22(36-24(18)29-16)23(33)28-10-9-17-6-8-19(20(32)15-17)30-11-13-31(14-12-30)25(34)35-26(2,3)4;1-13-2-4-15-18(22)19(29-21(15)25-13)20(28)24-7-6-14-3-5-16(17(27)12-14)26-10-8-23-9-11-26;;/h5-8,15H,9-14,28H2,1-4H3,(H,29,33);5-8,15,32H,9-14,27H2,1-4H3,(H,28,33);2-5,12,23,27H,6-11,22H2,1H3,(H,24,28);2*1H4. The predicted molar refractivity (Wildman–Crippen MR) is 423 cm³/mol. The number of anilines is 6. The summed E-state index contributed by atoms with van der Waals surface area (Å²) in [5.74, 6) is -0.126. The molecule has 3 aromatic carbocycles. The molecule has 0 unspecified atom stereocenters. The van der Waals surface area contributed by atoms with Crippen LogP contribution in [0.15, 0.2) is 95.5 Å². The first-order valence-corrected chi connectivity index (χ1v) is 37.0. The van der Waals surface area contributed by atoms with E-state index in [2.05, 4.69) is 85.0 Å². The van der Waals surface area contributed by atoms with Crippen LogP contribution in [-0.4, -0.2) is 174 Å². The molecule has 0 atom stereocenters. The first kappa shape index (κ1) is 79.5. The minimum Gasteiger partial charge on any atom is -0.506 e. The number of carbonyl (C=O) groups is 5. The van der Waals surface area contributed by atoms with Crippen LogP contribution in [0.5, 0.6) is 11.5 Å². The van der Waals surface area contributed by atoms with E-state index in [1.54, 1.807) is 21.9 Å². The summed E-state index contributed by atoms with van der Waals surface area (Å²) in [5.41, 5.74) is 27.3. The predicted octanol–water partition coefficient (Wildman–Crippen LogP) is 12.4. The molecule has 3 fully saturated rings. The van der Waals surface area contributed by atoms with Gasteiger partial charge in [-0.3, -0.25) is 14.4 Å². The SMILES string of the molecule is C.C.Cc1ccc2c(N)c(C(=O)NCCc3ccc(N4CCN(C(=O)OC(C)(C)C)CC4)c(Br)c3)sc2n1.Cc1ccc2c(N)c(C(=O)NCCc3ccc(N4CCN(C(=O)OC(C)(C)C)CC4)c(O)c3)sc2n1.Cc1ccc2c(N)c(C(=O)NCCc3ccc(N4CCNCC4)c(O)c3)sc2n1. The van der Waals surface area contributed by atoms with Gasteiger partial charge in [0.2, 0.25) is 0 Å². The lowest BCUT2D eigenvalue weighted by molar-refractivity contribution is 0.0230. The summed E-state index contributed by atoms with van der Waals surface area (Å²) in [7, 11) is 0. The number of nitrogens with one attached hydrogen (secondary N) is 4. The first-order valence-electron chi connectivity index (χ1n) is 33.7. The number of carbonyl (C=O) groups excluding carboxylic acids is 5. The minimum absolute atomic E-state index is 0. The molecule has 3 saturated heterocycles. The van der Waals surface area contributed by atoms with Crippen LogP contribution in [0, 0.1) is 20.8 Å². The largest absolute Gasteiger partial charge is 0.506 e. The van der Waals surface area contributed by atoms with Crippen LogP contribution in [0.2, 0.25) is 0 Å². The monoisotopic (exact) mass is 1530 g/mol. The Bertz CT molecular complexity index is 4290. The van der Waals surface area contributed by atoms with E-state index in [1.807, 2.05) is 123 Å². The third-order valence-electron chi connectivity index (χ3n) is 17.0. The molecule has 12 rings (SSSR count). The van der Waals surface area contributed by atoms with Crippen molar-refractivity contribution in [2.24, 2.45) is 0 Å². The number of ether oxygens (including phenoxy) is 2. The molecule has 9 heterocycles. The van der Waals surface area contributed by atoms with Crippen LogP contribution in [0.1, 0.15) is 119 Å². The maximum absolute atomic E-state index is 12.7. The number of aromatic hydroxyl groups is 2. The zero-order valence-corrected chi connectivity index (χ0v) is 62.6. The number of nitrogens with zero attached hydrogens (tertiary/aromatic N) is 8. The molecular weight excluding hydrogens is 1430 g/mol. The summed E-state index contributed by atoms with van der Waals surface area (Å²) in [6.07, 6.45) is 1.31. The number of amides is 5. The molecular formula is C75H98BrN15O9S3. The molecule has 0 bridgehead atoms. The number of rotatable bonds is 15. The molecule has 6 aromatic heterocycles. The fourth-order valence-electron chi connectivity index (χ4n) is 11.7. The number of fused-ring (bicyclic) bond motifs is 3. The highest BCUT2D eigenvalue weighted by Crippen LogP contribution is 2.37. The van der Waals surface area contributed by atoms with Crippen molar-refractivity contribution in [3.05, 3.63) is 144 Å². The van der Waals surface area contributed by atoms with Gasteiger partial charge in [-0.25, -0.2) is 24.5 Å². The van der Waals surface area contributed by atoms with Crippen molar-refractivity contribution >= 4 is 145 Å². The Morgan fingerprint density at radius 1 is 0.476 bits per heavy atom. The summed E-state index contributed by atoms with van der Waals surface area (Å²) >= 11 is 7.63. The van der Waals surface area contributed by atoms with Gasteiger partial charge < -0.3 is 82.7 Å². The van der Waals surface area contributed by atoms with E-state index in [9.17, 15) is 34.2 Å². The number of nitrogens with two attached hydrogens (primary N) is 3. The molecule has 9 aromatic rings. The number of pyridine rings is 3. The Kier molecular flexibility index (Phi) is 26.9. The van der Waals surface area contributed by atoms with Crippen LogP contribution in [-0.2, 0) is 28.7 Å². The Labute approximate surface area is 623 Å². The van der Waals surface area contributed by atoms with Gasteiger partial charge in [-0.05, 0) is 187 Å². The van der Waals surface area contributed by atoms with Gasteiger partial charge in [-0.2, -0.15) is 0 Å². The van der Waals surface area contributed by atoms with E-state index in [0.717, 1.165) is 125 Å². The fraction of sp³-hybridized carbons (Fsp3) is 0.413. The third kappa shape index (κ3) is 20.6. The van der Waals surface area contributed by atoms with Crippen molar-refractivity contribution in [2.45, 2.75) is 108 Å². The van der Waals surface area contributed by atoms with E-state index in [0.29, 0.717) is 110 Å². The second-order valence-corrected chi connectivity index (χ2v) is 30.9. The number of phenolic OH excluding ortho intramolecular Hbond substituents is 2. The lowest BCUT2D eigenvalue weighted by atomic mass is 10.1. The molecule has 3 aliphatic heterocycles. The van der Waals surface area contributed by atoms with Gasteiger partial charge in [-0.1, -0.05) is 33.1 Å². The van der Waals surface area contributed by atoms with Crippen molar-refractivity contribution in [2.75, 3.05) is 130 Å². The zero-order chi connectivity index (χ0) is 72.4. The maximum atomic E-state index is 12.7. The Balaban J connectivity index is 0.000000195. The van der Waals surface area contributed by atoms with Gasteiger partial charge in [0.05, 0.1) is 34.1 Å². The number of hydrogen-bond acceptors (Lipinski definition) is 22. The van der Waals surface area contributed by atoms with Gasteiger partial charge in [-0.15, -0.1) is 34.0 Å². The number of halogens is 1. The highest BCUT2D eigenvalue weighted by atomic mass is 79.9. The van der Waals surface area contributed by atoms with Gasteiger partial charge in [0.15, 0.2) is 0 Å². The molecule has 28 heteroatoms. The van der Waals surface area contributed by atoms with Crippen LogP contribution in [0.25, 0.3) is 30.6 Å². The first-order chi connectivity index (χ1) is 48.1. The van der Waals surface area contributed by atoms with E-state index < -0.39 is 11.2 Å². The van der Waals surface area contributed by atoms with Crippen molar-refractivity contribution < 1.29 is 43.7 Å². The highest BCUT2D eigenvalue weighted by molar-refractivity contribution is 9.10. The van der Waals surface area contributed by atoms with Gasteiger partial charge >= 0.3 is 12.2 Å². The second kappa shape index (κ2) is 34.8. The summed E-state index contributed by atoms with van der Waals surface area (Å²) in [6, 6.07) is 28.9. The number of phenols is 2. The molecule has 24 nitrogen and oxygen atoms in total. The Morgan fingerprint density at radius 3 is 1.11 bits per heavy atom. The molecule has 552 valence electrons. The van der Waals surface area contributed by atoms with Gasteiger partial charge in [0.1, 0.15) is 51.8 Å². The maximum Gasteiger partial charge on any atom is 0.410 e. The van der Waals surface area contributed by atoms with Gasteiger partial charge in [0.25, 0.3) is 17.7 Å². The molecule has 0 spiro atoms. The Morgan fingerprint density at radius 2 is 0.786 bits per heavy atom. The zero-order valence-electron chi connectivity index (χ0n) is 58.6. The normalized spacial score (nSPS) is 14.0. The van der Waals surface area contributed by atoms with Crippen molar-refractivity contribution in [3.63, 3.8) is 0 Å². The summed E-state index contributed by atoms with van der Waals surface area (Å²) < 4.78 is 11.9. The number of nitrogen functional groups attached to an aromatic ring is 3. The highest BCUT2D eigenvalue weighted by Gasteiger charge is 2.30. The van der Waals surface area contributed by atoms with E-state index in [4.69, 9.17) is 26.7 Å². The topological polar surface area (TPSA) is 325 Å². The average molecular weight is 1530 g/mol. The van der Waals surface area contributed by atoms with E-state index in [1.165, 1.54) is 34.0 Å². The number of aromatic nitrogens is 3. The number of aryl methyl sites for hydroxylation is 3. The van der Waals surface area contributed by atoms with Crippen LogP contribution < -0.4 is 53.2 Å². The second-order valence-electron chi connectivity index (χ2n) is 27.0. The van der Waals surface area contributed by atoms with Crippen molar-refractivity contribution in [3.8, 4) is 11.5 Å². The molecule has 12 N–H and O–H groups in total. The smallest absolute Gasteiger partial charge is 0.410 e. The lowest BCUT2D eigenvalue weighted by Gasteiger charge is -2.37. The number of piperazine rings is 3. The van der Waals surface area contributed by atoms with E-state index in [-0.39, 0.29) is 56.3 Å². The summed E-state index contributed by atoms with van der Waals surface area (Å²) in [6.45, 7) is 26.9. The number of thiophene rings is 3. The summed E-state index contributed by atoms with van der Waals surface area (Å²) in [5, 5.41) is 35.6. The molecule has 103 heavy (non-hydrogen) atoms. The summed E-state index contributed by atoms with van der Waals surface area (Å²) in [4.78, 5) is 89.7. The lowest BCUT2D eigenvalue weighted by Crippen LogP contribution is -2.50. The van der Waals surface area contributed by atoms with E-state index >= 15 is 0 Å². The quantitative estimate of drug-likeness (QED) is 0.0460.